The summed E-state index contributed by atoms with van der Waals surface area (Å²) >= 11 is 0. The summed E-state index contributed by atoms with van der Waals surface area (Å²) in [6.45, 7) is 3.76. The first kappa shape index (κ1) is 19.6. The summed E-state index contributed by atoms with van der Waals surface area (Å²) in [7, 11) is 0. The zero-order chi connectivity index (χ0) is 20.3. The lowest BCUT2D eigenvalue weighted by Gasteiger charge is -2.21. The number of carbonyl (C=O) groups excluding carboxylic acids is 3. The summed E-state index contributed by atoms with van der Waals surface area (Å²) in [5.74, 6) is -0.906. The van der Waals surface area contributed by atoms with Crippen molar-refractivity contribution in [3.05, 3.63) is 42.0 Å². The van der Waals surface area contributed by atoms with Gasteiger partial charge in [-0.15, -0.1) is 0 Å². The normalized spacial score (nSPS) is 23.7. The molecule has 2 unspecified atom stereocenters. The Morgan fingerprint density at radius 1 is 1.43 bits per heavy atom. The van der Waals surface area contributed by atoms with E-state index in [-0.39, 0.29) is 18.4 Å². The van der Waals surface area contributed by atoms with Crippen molar-refractivity contribution in [1.29, 1.82) is 0 Å². The van der Waals surface area contributed by atoms with E-state index in [1.165, 1.54) is 11.0 Å². The predicted octanol–water partition coefficient (Wildman–Crippen LogP) is 1.56. The van der Waals surface area contributed by atoms with E-state index < -0.39 is 17.6 Å². The van der Waals surface area contributed by atoms with Gasteiger partial charge in [0.25, 0.3) is 0 Å². The van der Waals surface area contributed by atoms with E-state index in [0.717, 1.165) is 5.56 Å². The minimum atomic E-state index is -0.769. The fourth-order valence-corrected chi connectivity index (χ4v) is 3.57. The number of hydrogen-bond acceptors (Lipinski definition) is 5. The standard InChI is InChI=1S/C20H24N4O4/c1-3-6-18(26)24-12-20(11-16(24)19(21)27)10-15(23-28-20)13-7-5-8-14(9-13)22-17(25)4-2/h3,5-9,16H,4,10-12H2,1-2H3,(H2,21,27)(H,22,25). The Kier molecular flexibility index (Phi) is 5.48. The van der Waals surface area contributed by atoms with Crippen molar-refractivity contribution < 1.29 is 19.2 Å². The third-order valence-electron chi connectivity index (χ3n) is 4.96. The van der Waals surface area contributed by atoms with Crippen molar-refractivity contribution >= 4 is 29.1 Å². The van der Waals surface area contributed by atoms with Crippen molar-refractivity contribution in [2.24, 2.45) is 10.9 Å². The molecule has 1 spiro atoms. The molecule has 3 amide bonds. The van der Waals surface area contributed by atoms with E-state index in [9.17, 15) is 14.4 Å². The molecule has 0 radical (unpaired) electrons. The highest BCUT2D eigenvalue weighted by Crippen LogP contribution is 2.39. The Morgan fingerprint density at radius 2 is 2.21 bits per heavy atom. The summed E-state index contributed by atoms with van der Waals surface area (Å²) in [6, 6.07) is 6.62. The SMILES string of the molecule is CC=CC(=O)N1CC2(CC(c3cccc(NC(=O)CC)c3)=NO2)CC1C(N)=O. The first-order valence-corrected chi connectivity index (χ1v) is 9.25. The molecular weight excluding hydrogens is 360 g/mol. The molecule has 1 aromatic rings. The summed E-state index contributed by atoms with van der Waals surface area (Å²) in [6.07, 6.45) is 4.17. The molecule has 1 aromatic carbocycles. The number of hydrogen-bond donors (Lipinski definition) is 2. The van der Waals surface area contributed by atoms with Crippen LogP contribution < -0.4 is 11.1 Å². The average Bonchev–Trinajstić information content (AvgIpc) is 3.27. The minimum Gasteiger partial charge on any atom is -0.387 e. The van der Waals surface area contributed by atoms with Gasteiger partial charge >= 0.3 is 0 Å². The van der Waals surface area contributed by atoms with Crippen LogP contribution in [0.25, 0.3) is 0 Å². The summed E-state index contributed by atoms with van der Waals surface area (Å²) in [5, 5.41) is 7.03. The van der Waals surface area contributed by atoms with E-state index in [1.807, 2.05) is 18.2 Å². The first-order valence-electron chi connectivity index (χ1n) is 9.25. The van der Waals surface area contributed by atoms with Crippen LogP contribution in [0.1, 0.15) is 38.7 Å². The largest absolute Gasteiger partial charge is 0.387 e. The lowest BCUT2D eigenvalue weighted by atomic mass is 9.91. The molecule has 0 aliphatic carbocycles. The van der Waals surface area contributed by atoms with E-state index in [2.05, 4.69) is 10.5 Å². The topological polar surface area (TPSA) is 114 Å². The fraction of sp³-hybridized carbons (Fsp3) is 0.400. The molecule has 2 aliphatic rings. The van der Waals surface area contributed by atoms with Gasteiger partial charge in [0.05, 0.1) is 12.3 Å². The van der Waals surface area contributed by atoms with E-state index in [1.54, 1.807) is 26.0 Å². The summed E-state index contributed by atoms with van der Waals surface area (Å²) in [5.41, 5.74) is 6.94. The van der Waals surface area contributed by atoms with Crippen LogP contribution in [0.5, 0.6) is 0 Å². The van der Waals surface area contributed by atoms with Crippen LogP contribution in [0, 0.1) is 0 Å². The first-order chi connectivity index (χ1) is 13.4. The monoisotopic (exact) mass is 384 g/mol. The van der Waals surface area contributed by atoms with Gasteiger partial charge in [-0.2, -0.15) is 0 Å². The number of primary amides is 1. The van der Waals surface area contributed by atoms with Crippen molar-refractivity contribution in [1.82, 2.24) is 4.90 Å². The van der Waals surface area contributed by atoms with Gasteiger partial charge in [0.15, 0.2) is 5.60 Å². The number of nitrogens with two attached hydrogens (primary N) is 1. The molecule has 8 nitrogen and oxygen atoms in total. The molecule has 0 bridgehead atoms. The van der Waals surface area contributed by atoms with Crippen LogP contribution in [-0.4, -0.2) is 46.5 Å². The van der Waals surface area contributed by atoms with Gasteiger partial charge in [-0.25, -0.2) is 0 Å². The molecule has 3 N–H and O–H groups in total. The van der Waals surface area contributed by atoms with Gasteiger partial charge in [0, 0.05) is 30.5 Å². The van der Waals surface area contributed by atoms with Gasteiger partial charge in [0.1, 0.15) is 6.04 Å². The molecule has 2 heterocycles. The molecular formula is C20H24N4O4. The quantitative estimate of drug-likeness (QED) is 0.750. The van der Waals surface area contributed by atoms with Crippen molar-refractivity contribution in [3.8, 4) is 0 Å². The van der Waals surface area contributed by atoms with Crippen LogP contribution >= 0.6 is 0 Å². The van der Waals surface area contributed by atoms with E-state index >= 15 is 0 Å². The Balaban J connectivity index is 1.77. The van der Waals surface area contributed by atoms with E-state index in [4.69, 9.17) is 10.6 Å². The number of benzene rings is 1. The van der Waals surface area contributed by atoms with Crippen molar-refractivity contribution in [2.75, 3.05) is 11.9 Å². The molecule has 148 valence electrons. The van der Waals surface area contributed by atoms with Gasteiger partial charge in [0.2, 0.25) is 17.7 Å². The predicted molar refractivity (Wildman–Crippen MR) is 104 cm³/mol. The number of amides is 3. The number of oxime groups is 1. The van der Waals surface area contributed by atoms with Gasteiger partial charge in [-0.05, 0) is 25.1 Å². The molecule has 1 fully saturated rings. The lowest BCUT2D eigenvalue weighted by molar-refractivity contribution is -0.133. The maximum absolute atomic E-state index is 12.3. The van der Waals surface area contributed by atoms with Crippen LogP contribution in [0.3, 0.4) is 0 Å². The summed E-state index contributed by atoms with van der Waals surface area (Å²) in [4.78, 5) is 43.0. The zero-order valence-electron chi connectivity index (χ0n) is 16.0. The maximum atomic E-state index is 12.3. The van der Waals surface area contributed by atoms with E-state index in [0.29, 0.717) is 30.7 Å². The Bertz CT molecular complexity index is 864. The molecule has 1 saturated heterocycles. The highest BCUT2D eigenvalue weighted by molar-refractivity contribution is 6.03. The molecule has 3 rings (SSSR count). The second kappa shape index (κ2) is 7.84. The van der Waals surface area contributed by atoms with Crippen molar-refractivity contribution in [2.45, 2.75) is 44.8 Å². The smallest absolute Gasteiger partial charge is 0.247 e. The Morgan fingerprint density at radius 3 is 2.89 bits per heavy atom. The van der Waals surface area contributed by atoms with Gasteiger partial charge in [-0.1, -0.05) is 30.3 Å². The van der Waals surface area contributed by atoms with Crippen molar-refractivity contribution in [3.63, 3.8) is 0 Å². The van der Waals surface area contributed by atoms with Crippen LogP contribution in [-0.2, 0) is 19.2 Å². The molecule has 2 atom stereocenters. The Hall–Kier alpha value is -3.16. The zero-order valence-corrected chi connectivity index (χ0v) is 16.0. The third-order valence-corrected chi connectivity index (χ3v) is 4.96. The van der Waals surface area contributed by atoms with Gasteiger partial charge < -0.3 is 20.8 Å². The summed E-state index contributed by atoms with van der Waals surface area (Å²) < 4.78 is 0. The second-order valence-electron chi connectivity index (χ2n) is 7.06. The molecule has 28 heavy (non-hydrogen) atoms. The number of allylic oxidation sites excluding steroid dienone is 1. The van der Waals surface area contributed by atoms with Crippen LogP contribution in [0.15, 0.2) is 41.6 Å². The van der Waals surface area contributed by atoms with Crippen LogP contribution in [0.2, 0.25) is 0 Å². The highest BCUT2D eigenvalue weighted by atomic mass is 16.7. The third kappa shape index (κ3) is 3.90. The number of anilines is 1. The molecule has 8 heteroatoms. The second-order valence-corrected chi connectivity index (χ2v) is 7.06. The number of carbonyl (C=O) groups is 3. The Labute approximate surface area is 163 Å². The number of likely N-dealkylation sites (tertiary alicyclic amines) is 1. The van der Waals surface area contributed by atoms with Crippen LogP contribution in [0.4, 0.5) is 5.69 Å². The maximum Gasteiger partial charge on any atom is 0.247 e. The number of nitrogens with one attached hydrogen (secondary N) is 1. The minimum absolute atomic E-state index is 0.0727. The average molecular weight is 384 g/mol. The molecule has 0 saturated carbocycles. The lowest BCUT2D eigenvalue weighted by Crippen LogP contribution is -2.43. The molecule has 2 aliphatic heterocycles. The number of rotatable bonds is 5. The fourth-order valence-electron chi connectivity index (χ4n) is 3.57. The highest BCUT2D eigenvalue weighted by Gasteiger charge is 2.52. The van der Waals surface area contributed by atoms with Gasteiger partial charge in [-0.3, -0.25) is 14.4 Å². The number of nitrogens with zero attached hydrogens (tertiary/aromatic N) is 2. The molecule has 0 aromatic heterocycles.